The number of methoxy groups -OCH3 is 1. The van der Waals surface area contributed by atoms with E-state index in [-0.39, 0.29) is 12.4 Å². The van der Waals surface area contributed by atoms with Gasteiger partial charge in [0.1, 0.15) is 6.61 Å². The third-order valence-electron chi connectivity index (χ3n) is 1.83. The van der Waals surface area contributed by atoms with E-state index in [2.05, 4.69) is 0 Å². The van der Waals surface area contributed by atoms with Gasteiger partial charge >= 0.3 is 0 Å². The Balaban J connectivity index is 1.97. The molecule has 5 nitrogen and oxygen atoms in total. The maximum atomic E-state index is 11.4. The topological polar surface area (TPSA) is 57.9 Å². The van der Waals surface area contributed by atoms with Gasteiger partial charge in [-0.3, -0.25) is 4.79 Å². The molecule has 90 valence electrons. The van der Waals surface area contributed by atoms with Gasteiger partial charge in [-0.15, -0.1) is 0 Å². The van der Waals surface area contributed by atoms with Crippen molar-refractivity contribution < 1.29 is 23.4 Å². The lowest BCUT2D eigenvalue weighted by molar-refractivity contribution is 0.0247. The second-order valence-electron chi connectivity index (χ2n) is 3.06. The van der Waals surface area contributed by atoms with Crippen LogP contribution in [0.4, 0.5) is 0 Å². The quantitative estimate of drug-likeness (QED) is 0.468. The fourth-order valence-electron chi connectivity index (χ4n) is 1.04. The van der Waals surface area contributed by atoms with E-state index in [1.54, 1.807) is 19.2 Å². The number of hydrogen-bond acceptors (Lipinski definition) is 5. The Bertz CT molecular complexity index is 281. The van der Waals surface area contributed by atoms with Gasteiger partial charge in [0.25, 0.3) is 0 Å². The second kappa shape index (κ2) is 8.04. The van der Waals surface area contributed by atoms with Gasteiger partial charge in [0.05, 0.1) is 32.7 Å². The fourth-order valence-corrected chi connectivity index (χ4v) is 1.04. The van der Waals surface area contributed by atoms with Gasteiger partial charge in [-0.2, -0.15) is 0 Å². The van der Waals surface area contributed by atoms with E-state index in [0.29, 0.717) is 32.2 Å². The van der Waals surface area contributed by atoms with Crippen LogP contribution in [0.5, 0.6) is 0 Å². The molecule has 0 saturated carbocycles. The van der Waals surface area contributed by atoms with Crippen molar-refractivity contribution in [2.75, 3.05) is 40.1 Å². The number of furan rings is 1. The molecule has 1 aromatic heterocycles. The average Bonchev–Trinajstić information content (AvgIpc) is 2.81. The minimum absolute atomic E-state index is 0.0150. The van der Waals surface area contributed by atoms with Crippen molar-refractivity contribution in [1.82, 2.24) is 0 Å². The van der Waals surface area contributed by atoms with E-state index in [9.17, 15) is 4.79 Å². The zero-order valence-corrected chi connectivity index (χ0v) is 9.31. The molecule has 0 atom stereocenters. The van der Waals surface area contributed by atoms with Crippen molar-refractivity contribution in [2.24, 2.45) is 0 Å². The number of carbonyl (C=O) groups is 1. The maximum Gasteiger partial charge on any atom is 0.223 e. The zero-order valence-electron chi connectivity index (χ0n) is 9.31. The van der Waals surface area contributed by atoms with Crippen LogP contribution >= 0.6 is 0 Å². The van der Waals surface area contributed by atoms with Crippen LogP contribution in [0, 0.1) is 0 Å². The van der Waals surface area contributed by atoms with E-state index in [4.69, 9.17) is 18.6 Å². The van der Waals surface area contributed by atoms with Crippen molar-refractivity contribution in [2.45, 2.75) is 0 Å². The normalized spacial score (nSPS) is 10.6. The number of ether oxygens (including phenoxy) is 3. The summed E-state index contributed by atoms with van der Waals surface area (Å²) in [6.45, 7) is 1.95. The summed E-state index contributed by atoms with van der Waals surface area (Å²) in [5, 5.41) is 0. The van der Waals surface area contributed by atoms with Crippen LogP contribution in [-0.4, -0.2) is 45.9 Å². The molecule has 0 bridgehead atoms. The first-order valence-electron chi connectivity index (χ1n) is 5.05. The van der Waals surface area contributed by atoms with Gasteiger partial charge in [-0.1, -0.05) is 0 Å². The summed E-state index contributed by atoms with van der Waals surface area (Å²) >= 11 is 0. The van der Waals surface area contributed by atoms with Gasteiger partial charge in [-0.05, 0) is 12.1 Å². The van der Waals surface area contributed by atoms with Crippen molar-refractivity contribution >= 4 is 5.78 Å². The van der Waals surface area contributed by atoms with Crippen molar-refractivity contribution in [3.63, 3.8) is 0 Å². The highest BCUT2D eigenvalue weighted by molar-refractivity contribution is 5.94. The summed E-state index contributed by atoms with van der Waals surface area (Å²) in [5.74, 6) is 0.155. The van der Waals surface area contributed by atoms with Crippen LogP contribution in [-0.2, 0) is 14.2 Å². The van der Waals surface area contributed by atoms with Crippen LogP contribution in [0.2, 0.25) is 0 Å². The molecule has 1 rings (SSSR count). The highest BCUT2D eigenvalue weighted by atomic mass is 16.5. The Labute approximate surface area is 94.3 Å². The Kier molecular flexibility index (Phi) is 6.48. The third-order valence-corrected chi connectivity index (χ3v) is 1.83. The van der Waals surface area contributed by atoms with Crippen LogP contribution in [0.3, 0.4) is 0 Å². The number of Topliss-reactive ketones (excluding diaryl/α,β-unsaturated/α-hetero) is 1. The minimum Gasteiger partial charge on any atom is -0.461 e. The Hall–Kier alpha value is -1.17. The number of hydrogen-bond donors (Lipinski definition) is 0. The predicted octanol–water partition coefficient (Wildman–Crippen LogP) is 1.14. The van der Waals surface area contributed by atoms with E-state index >= 15 is 0 Å². The molecule has 0 saturated heterocycles. The van der Waals surface area contributed by atoms with Crippen LogP contribution < -0.4 is 0 Å². The zero-order chi connectivity index (χ0) is 11.6. The molecule has 1 heterocycles. The van der Waals surface area contributed by atoms with E-state index in [1.807, 2.05) is 0 Å². The van der Waals surface area contributed by atoms with Crippen molar-refractivity contribution in [3.8, 4) is 0 Å². The molecule has 5 heteroatoms. The largest absolute Gasteiger partial charge is 0.461 e. The molecule has 0 aliphatic rings. The van der Waals surface area contributed by atoms with Gasteiger partial charge in [-0.25, -0.2) is 0 Å². The molecule has 0 aliphatic carbocycles. The van der Waals surface area contributed by atoms with Crippen molar-refractivity contribution in [1.29, 1.82) is 0 Å². The molecule has 0 unspecified atom stereocenters. The van der Waals surface area contributed by atoms with Crippen LogP contribution in [0.1, 0.15) is 10.6 Å². The lowest BCUT2D eigenvalue weighted by atomic mass is 10.3. The molecule has 0 aromatic carbocycles. The number of ketones is 1. The monoisotopic (exact) mass is 228 g/mol. The van der Waals surface area contributed by atoms with Crippen molar-refractivity contribution in [3.05, 3.63) is 24.2 Å². The molecule has 0 amide bonds. The smallest absolute Gasteiger partial charge is 0.223 e. The SMILES string of the molecule is COCCOCCOCC(=O)c1ccco1. The standard InChI is InChI=1S/C11H16O5/c1-13-5-6-14-7-8-15-9-10(12)11-3-2-4-16-11/h2-4H,5-9H2,1H3. The number of rotatable bonds is 9. The molecular formula is C11H16O5. The highest BCUT2D eigenvalue weighted by Gasteiger charge is 2.07. The predicted molar refractivity (Wildman–Crippen MR) is 56.6 cm³/mol. The van der Waals surface area contributed by atoms with Gasteiger partial charge < -0.3 is 18.6 Å². The molecule has 1 aromatic rings. The summed E-state index contributed by atoms with van der Waals surface area (Å²) in [4.78, 5) is 11.4. The Morgan fingerprint density at radius 1 is 1.25 bits per heavy atom. The second-order valence-corrected chi connectivity index (χ2v) is 3.06. The minimum atomic E-state index is -0.165. The molecule has 0 fully saturated rings. The molecule has 0 N–H and O–H groups in total. The lowest BCUT2D eigenvalue weighted by Crippen LogP contribution is -2.13. The Morgan fingerprint density at radius 2 is 2.00 bits per heavy atom. The van der Waals surface area contributed by atoms with E-state index < -0.39 is 0 Å². The first-order valence-corrected chi connectivity index (χ1v) is 5.05. The van der Waals surface area contributed by atoms with Crippen LogP contribution in [0.15, 0.2) is 22.8 Å². The van der Waals surface area contributed by atoms with Crippen LogP contribution in [0.25, 0.3) is 0 Å². The van der Waals surface area contributed by atoms with Gasteiger partial charge in [0.2, 0.25) is 5.78 Å². The number of carbonyl (C=O) groups excluding carboxylic acids is 1. The molecule has 0 aliphatic heterocycles. The molecule has 0 spiro atoms. The summed E-state index contributed by atoms with van der Waals surface area (Å²) in [5.41, 5.74) is 0. The van der Waals surface area contributed by atoms with E-state index in [1.165, 1.54) is 6.26 Å². The summed E-state index contributed by atoms with van der Waals surface area (Å²) in [6, 6.07) is 3.28. The molecular weight excluding hydrogens is 212 g/mol. The van der Waals surface area contributed by atoms with Gasteiger partial charge in [0.15, 0.2) is 5.76 Å². The maximum absolute atomic E-state index is 11.4. The summed E-state index contributed by atoms with van der Waals surface area (Å²) in [7, 11) is 1.61. The first kappa shape index (κ1) is 12.9. The average molecular weight is 228 g/mol. The lowest BCUT2D eigenvalue weighted by Gasteiger charge is -2.03. The Morgan fingerprint density at radius 3 is 2.69 bits per heavy atom. The molecule has 0 radical (unpaired) electrons. The first-order chi connectivity index (χ1) is 7.84. The third kappa shape index (κ3) is 5.06. The summed E-state index contributed by atoms with van der Waals surface area (Å²) in [6.07, 6.45) is 1.46. The molecule has 16 heavy (non-hydrogen) atoms. The fraction of sp³-hybridized carbons (Fsp3) is 0.545. The highest BCUT2D eigenvalue weighted by Crippen LogP contribution is 2.01. The van der Waals surface area contributed by atoms with E-state index in [0.717, 1.165) is 0 Å². The summed E-state index contributed by atoms with van der Waals surface area (Å²) < 4.78 is 20.0. The van der Waals surface area contributed by atoms with Gasteiger partial charge in [0, 0.05) is 7.11 Å².